The summed E-state index contributed by atoms with van der Waals surface area (Å²) in [4.78, 5) is 2.18. The molecule has 5 nitrogen and oxygen atoms in total. The average molecular weight is 481 g/mol. The molecule has 36 heavy (non-hydrogen) atoms. The summed E-state index contributed by atoms with van der Waals surface area (Å²) < 4.78 is 11.7. The fraction of sp³-hybridized carbons (Fsp3) is 0.161. The van der Waals surface area contributed by atoms with Gasteiger partial charge in [-0.1, -0.05) is 67.2 Å². The van der Waals surface area contributed by atoms with Crippen molar-refractivity contribution in [2.75, 3.05) is 13.1 Å². The summed E-state index contributed by atoms with van der Waals surface area (Å²) in [5, 5.41) is 10.6. The molecule has 0 atom stereocenters. The van der Waals surface area contributed by atoms with E-state index >= 15 is 0 Å². The van der Waals surface area contributed by atoms with Crippen LogP contribution in [0.4, 0.5) is 0 Å². The summed E-state index contributed by atoms with van der Waals surface area (Å²) in [6.07, 6.45) is 0.832. The van der Waals surface area contributed by atoms with Crippen molar-refractivity contribution < 1.29 is 14.6 Å². The van der Waals surface area contributed by atoms with Gasteiger partial charge in [0.1, 0.15) is 18.1 Å². The summed E-state index contributed by atoms with van der Waals surface area (Å²) in [5.74, 6) is 2.12. The van der Waals surface area contributed by atoms with Crippen molar-refractivity contribution in [3.05, 3.63) is 126 Å². The topological polar surface area (TPSA) is 68.0 Å². The van der Waals surface area contributed by atoms with Crippen LogP contribution in [0.5, 0.6) is 23.0 Å². The van der Waals surface area contributed by atoms with Gasteiger partial charge >= 0.3 is 0 Å². The minimum atomic E-state index is 0.0887. The second-order valence-corrected chi connectivity index (χ2v) is 8.53. The maximum Gasteiger partial charge on any atom is 0.161 e. The Labute approximate surface area is 213 Å². The Morgan fingerprint density at radius 1 is 0.806 bits per heavy atom. The molecule has 0 saturated heterocycles. The SMILES string of the molecule is C=C(c1ccc(OCc2ccccc2)c(O)c1)N(CCCN)Cc1ccc(Oc2ccccc2)cc1. The Hall–Kier alpha value is -4.22. The number of phenolic OH excluding ortho intramolecular Hbond substituents is 1. The van der Waals surface area contributed by atoms with E-state index in [0.29, 0.717) is 25.4 Å². The van der Waals surface area contributed by atoms with Gasteiger partial charge in [-0.15, -0.1) is 0 Å². The minimum absolute atomic E-state index is 0.0887. The van der Waals surface area contributed by atoms with Crippen LogP contribution >= 0.6 is 0 Å². The van der Waals surface area contributed by atoms with Crippen LogP contribution in [0.25, 0.3) is 5.70 Å². The van der Waals surface area contributed by atoms with Crippen LogP contribution in [0.3, 0.4) is 0 Å². The number of aromatic hydroxyl groups is 1. The van der Waals surface area contributed by atoms with Crippen molar-refractivity contribution in [2.24, 2.45) is 5.73 Å². The highest BCUT2D eigenvalue weighted by molar-refractivity contribution is 5.65. The number of para-hydroxylation sites is 1. The third kappa shape index (κ3) is 6.90. The second-order valence-electron chi connectivity index (χ2n) is 8.53. The molecule has 4 aromatic carbocycles. The Kier molecular flexibility index (Phi) is 8.62. The zero-order valence-electron chi connectivity index (χ0n) is 20.3. The summed E-state index contributed by atoms with van der Waals surface area (Å²) in [6.45, 7) is 6.72. The van der Waals surface area contributed by atoms with Crippen molar-refractivity contribution in [1.29, 1.82) is 0 Å². The number of nitrogens with zero attached hydrogens (tertiary/aromatic N) is 1. The fourth-order valence-corrected chi connectivity index (χ4v) is 3.84. The van der Waals surface area contributed by atoms with E-state index in [0.717, 1.165) is 46.9 Å². The van der Waals surface area contributed by atoms with E-state index in [9.17, 15) is 5.11 Å². The number of ether oxygens (including phenoxy) is 2. The molecule has 0 heterocycles. The predicted molar refractivity (Wildman–Crippen MR) is 145 cm³/mol. The smallest absolute Gasteiger partial charge is 0.161 e. The summed E-state index contributed by atoms with van der Waals surface area (Å²) in [6, 6.07) is 33.1. The van der Waals surface area contributed by atoms with Crippen molar-refractivity contribution >= 4 is 5.70 Å². The number of nitrogens with two attached hydrogens (primary N) is 1. The molecular weight excluding hydrogens is 448 g/mol. The van der Waals surface area contributed by atoms with E-state index in [1.165, 1.54) is 0 Å². The van der Waals surface area contributed by atoms with Gasteiger partial charge in [-0.2, -0.15) is 0 Å². The molecular formula is C31H32N2O3. The lowest BCUT2D eigenvalue weighted by atomic mass is 10.1. The predicted octanol–water partition coefficient (Wildman–Crippen LogP) is 6.59. The molecule has 0 amide bonds. The van der Waals surface area contributed by atoms with Crippen LogP contribution < -0.4 is 15.2 Å². The van der Waals surface area contributed by atoms with E-state index in [-0.39, 0.29) is 5.75 Å². The molecule has 4 rings (SSSR count). The number of hydrogen-bond acceptors (Lipinski definition) is 5. The highest BCUT2D eigenvalue weighted by Gasteiger charge is 2.13. The quantitative estimate of drug-likeness (QED) is 0.240. The Balaban J connectivity index is 1.42. The molecule has 4 aromatic rings. The lowest BCUT2D eigenvalue weighted by Gasteiger charge is -2.27. The molecule has 5 heteroatoms. The second kappa shape index (κ2) is 12.5. The maximum atomic E-state index is 10.6. The van der Waals surface area contributed by atoms with Crippen molar-refractivity contribution in [2.45, 2.75) is 19.6 Å². The molecule has 0 saturated carbocycles. The van der Waals surface area contributed by atoms with Crippen LogP contribution in [0.15, 0.2) is 110 Å². The van der Waals surface area contributed by atoms with E-state index in [4.69, 9.17) is 15.2 Å². The van der Waals surface area contributed by atoms with E-state index in [1.54, 1.807) is 12.1 Å². The Bertz CT molecular complexity index is 1240. The standard InChI is InChI=1S/C31H32N2O3/c1-24(27-15-18-31(30(34)21-27)35-23-26-9-4-2-5-10-26)33(20-8-19-32)22-25-13-16-29(17-14-25)36-28-11-6-3-7-12-28/h2-7,9-18,21,34H,1,8,19-20,22-23,32H2. The van der Waals surface area contributed by atoms with Gasteiger partial charge in [0, 0.05) is 24.4 Å². The first-order valence-corrected chi connectivity index (χ1v) is 12.1. The molecule has 0 bridgehead atoms. The van der Waals surface area contributed by atoms with E-state index in [1.807, 2.05) is 78.9 Å². The van der Waals surface area contributed by atoms with Crippen LogP contribution in [0, 0.1) is 0 Å². The van der Waals surface area contributed by atoms with Crippen molar-refractivity contribution in [3.8, 4) is 23.0 Å². The molecule has 184 valence electrons. The largest absolute Gasteiger partial charge is 0.504 e. The molecule has 0 aliphatic rings. The van der Waals surface area contributed by atoms with Crippen molar-refractivity contribution in [1.82, 2.24) is 4.90 Å². The number of rotatable bonds is 12. The van der Waals surface area contributed by atoms with Gasteiger partial charge in [0.25, 0.3) is 0 Å². The number of benzene rings is 4. The van der Waals surface area contributed by atoms with Gasteiger partial charge in [0.15, 0.2) is 11.5 Å². The molecule has 0 unspecified atom stereocenters. The average Bonchev–Trinajstić information content (AvgIpc) is 2.92. The zero-order chi connectivity index (χ0) is 25.2. The maximum absolute atomic E-state index is 10.6. The van der Waals surface area contributed by atoms with Crippen LogP contribution in [-0.4, -0.2) is 23.1 Å². The molecule has 0 spiro atoms. The number of phenols is 1. The van der Waals surface area contributed by atoms with Gasteiger partial charge in [-0.05, 0) is 66.6 Å². The molecule has 0 radical (unpaired) electrons. The normalized spacial score (nSPS) is 10.6. The lowest BCUT2D eigenvalue weighted by molar-refractivity contribution is 0.289. The van der Waals surface area contributed by atoms with Gasteiger partial charge in [-0.25, -0.2) is 0 Å². The monoisotopic (exact) mass is 480 g/mol. The highest BCUT2D eigenvalue weighted by atomic mass is 16.5. The third-order valence-corrected chi connectivity index (χ3v) is 5.82. The summed E-state index contributed by atoms with van der Waals surface area (Å²) >= 11 is 0. The van der Waals surface area contributed by atoms with Gasteiger partial charge in [0.05, 0.1) is 0 Å². The van der Waals surface area contributed by atoms with Crippen LogP contribution in [0.1, 0.15) is 23.1 Å². The number of hydrogen-bond donors (Lipinski definition) is 2. The third-order valence-electron chi connectivity index (χ3n) is 5.82. The molecule has 0 aliphatic carbocycles. The minimum Gasteiger partial charge on any atom is -0.504 e. The summed E-state index contributed by atoms with van der Waals surface area (Å²) in [7, 11) is 0. The fourth-order valence-electron chi connectivity index (χ4n) is 3.84. The van der Waals surface area contributed by atoms with E-state index < -0.39 is 0 Å². The molecule has 0 fully saturated rings. The molecule has 3 N–H and O–H groups in total. The van der Waals surface area contributed by atoms with Crippen molar-refractivity contribution in [3.63, 3.8) is 0 Å². The Morgan fingerprint density at radius 2 is 1.47 bits per heavy atom. The van der Waals surface area contributed by atoms with Crippen LogP contribution in [-0.2, 0) is 13.2 Å². The van der Waals surface area contributed by atoms with Crippen LogP contribution in [0.2, 0.25) is 0 Å². The zero-order valence-corrected chi connectivity index (χ0v) is 20.3. The van der Waals surface area contributed by atoms with Gasteiger partial charge in [0.2, 0.25) is 0 Å². The van der Waals surface area contributed by atoms with Gasteiger partial charge in [-0.3, -0.25) is 0 Å². The molecule has 0 aromatic heterocycles. The first-order chi connectivity index (χ1) is 17.6. The highest BCUT2D eigenvalue weighted by Crippen LogP contribution is 2.32. The first kappa shape index (κ1) is 24.9. The summed E-state index contributed by atoms with van der Waals surface area (Å²) in [5.41, 5.74) is 9.62. The van der Waals surface area contributed by atoms with E-state index in [2.05, 4.69) is 23.6 Å². The molecule has 0 aliphatic heterocycles. The Morgan fingerprint density at radius 3 is 2.14 bits per heavy atom. The lowest BCUT2D eigenvalue weighted by Crippen LogP contribution is -2.24. The van der Waals surface area contributed by atoms with Gasteiger partial charge < -0.3 is 25.2 Å². The first-order valence-electron chi connectivity index (χ1n) is 12.1.